The highest BCUT2D eigenvalue weighted by Crippen LogP contribution is 2.27. The summed E-state index contributed by atoms with van der Waals surface area (Å²) in [5.74, 6) is 0. The van der Waals surface area contributed by atoms with Crippen LogP contribution in [0.1, 0.15) is 21.8 Å². The first kappa shape index (κ1) is 18.8. The third-order valence-electron chi connectivity index (χ3n) is 4.51. The van der Waals surface area contributed by atoms with Crippen LogP contribution >= 0.6 is 11.3 Å². The van der Waals surface area contributed by atoms with Crippen LogP contribution in [0.15, 0.2) is 53.4 Å². The third-order valence-corrected chi connectivity index (χ3v) is 6.87. The van der Waals surface area contributed by atoms with Crippen LogP contribution in [0.2, 0.25) is 0 Å². The van der Waals surface area contributed by atoms with Crippen LogP contribution in [0.4, 0.5) is 0 Å². The highest BCUT2D eigenvalue weighted by atomic mass is 32.2. The second-order valence-corrected chi connectivity index (χ2v) is 9.58. The summed E-state index contributed by atoms with van der Waals surface area (Å²) in [7, 11) is -3.67. The number of fused-ring (bicyclic) bond motifs is 1. The molecule has 4 rings (SSSR count). The fourth-order valence-corrected chi connectivity index (χ4v) is 5.19. The van der Waals surface area contributed by atoms with E-state index in [0.29, 0.717) is 10.5 Å². The molecule has 0 amide bonds. The van der Waals surface area contributed by atoms with Gasteiger partial charge < -0.3 is 0 Å². The Morgan fingerprint density at radius 2 is 1.82 bits per heavy atom. The molecule has 28 heavy (non-hydrogen) atoms. The Bertz CT molecular complexity index is 1260. The van der Waals surface area contributed by atoms with E-state index in [9.17, 15) is 8.42 Å². The SMILES string of the molecule is Cc1ccc(C)c(S(=O)(=O)NCc2c(-c3ccccc3)nc3sc(C)nn23)c1. The molecule has 0 aliphatic rings. The lowest BCUT2D eigenvalue weighted by Gasteiger charge is -2.11. The number of aryl methyl sites for hydroxylation is 3. The smallest absolute Gasteiger partial charge is 0.217 e. The minimum absolute atomic E-state index is 0.101. The summed E-state index contributed by atoms with van der Waals surface area (Å²) in [6.07, 6.45) is 0. The molecule has 144 valence electrons. The summed E-state index contributed by atoms with van der Waals surface area (Å²) in [6, 6.07) is 15.1. The van der Waals surface area contributed by atoms with E-state index >= 15 is 0 Å². The van der Waals surface area contributed by atoms with Gasteiger partial charge in [0.1, 0.15) is 5.01 Å². The van der Waals surface area contributed by atoms with Crippen LogP contribution in [0.5, 0.6) is 0 Å². The van der Waals surface area contributed by atoms with Gasteiger partial charge in [-0.2, -0.15) is 5.10 Å². The molecule has 1 N–H and O–H groups in total. The standard InChI is InChI=1S/C20H20N4O2S2/c1-13-9-10-14(2)18(11-13)28(25,26)21-12-17-19(16-7-5-4-6-8-16)22-20-24(17)23-15(3)27-20/h4-11,21H,12H2,1-3H3. The quantitative estimate of drug-likeness (QED) is 0.540. The lowest BCUT2D eigenvalue weighted by Crippen LogP contribution is -2.25. The summed E-state index contributed by atoms with van der Waals surface area (Å²) in [5, 5.41) is 5.38. The second kappa shape index (κ2) is 7.12. The normalized spacial score (nSPS) is 12.0. The predicted molar refractivity (Wildman–Crippen MR) is 111 cm³/mol. The zero-order valence-electron chi connectivity index (χ0n) is 15.8. The second-order valence-electron chi connectivity index (χ2n) is 6.68. The van der Waals surface area contributed by atoms with Gasteiger partial charge in [0.05, 0.1) is 22.8 Å². The van der Waals surface area contributed by atoms with Crippen molar-refractivity contribution in [1.29, 1.82) is 0 Å². The molecule has 0 fully saturated rings. The number of aromatic nitrogens is 3. The molecular formula is C20H20N4O2S2. The van der Waals surface area contributed by atoms with Gasteiger partial charge in [0.15, 0.2) is 0 Å². The van der Waals surface area contributed by atoms with Crippen LogP contribution in [-0.2, 0) is 16.6 Å². The molecule has 0 saturated carbocycles. The van der Waals surface area contributed by atoms with Gasteiger partial charge in [-0.05, 0) is 38.0 Å². The molecule has 0 aliphatic carbocycles. The van der Waals surface area contributed by atoms with Crippen LogP contribution in [0.3, 0.4) is 0 Å². The molecule has 0 aliphatic heterocycles. The Morgan fingerprint density at radius 3 is 2.57 bits per heavy atom. The Hall–Kier alpha value is -2.55. The van der Waals surface area contributed by atoms with Crippen molar-refractivity contribution in [3.63, 3.8) is 0 Å². The van der Waals surface area contributed by atoms with E-state index in [1.54, 1.807) is 17.5 Å². The first-order valence-corrected chi connectivity index (χ1v) is 11.1. The van der Waals surface area contributed by atoms with Crippen molar-refractivity contribution in [1.82, 2.24) is 19.3 Å². The molecule has 0 saturated heterocycles. The van der Waals surface area contributed by atoms with Gasteiger partial charge in [-0.1, -0.05) is 53.8 Å². The van der Waals surface area contributed by atoms with Gasteiger partial charge in [0, 0.05) is 5.56 Å². The molecule has 0 spiro atoms. The Balaban J connectivity index is 1.74. The summed E-state index contributed by atoms with van der Waals surface area (Å²) in [4.78, 5) is 5.74. The molecule has 2 aromatic carbocycles. The Labute approximate surface area is 167 Å². The molecule has 0 unspecified atom stereocenters. The number of rotatable bonds is 5. The van der Waals surface area contributed by atoms with Crippen molar-refractivity contribution in [2.24, 2.45) is 0 Å². The van der Waals surface area contributed by atoms with E-state index in [0.717, 1.165) is 32.5 Å². The van der Waals surface area contributed by atoms with Crippen molar-refractivity contribution in [2.45, 2.75) is 32.2 Å². The molecule has 8 heteroatoms. The molecule has 0 atom stereocenters. The highest BCUT2D eigenvalue weighted by molar-refractivity contribution is 7.89. The maximum absolute atomic E-state index is 12.9. The maximum atomic E-state index is 12.9. The van der Waals surface area contributed by atoms with Crippen molar-refractivity contribution in [3.05, 3.63) is 70.4 Å². The van der Waals surface area contributed by atoms with E-state index < -0.39 is 10.0 Å². The number of nitrogens with zero attached hydrogens (tertiary/aromatic N) is 3. The summed E-state index contributed by atoms with van der Waals surface area (Å²) in [5.41, 5.74) is 4.00. The minimum Gasteiger partial charge on any atom is -0.217 e. The molecule has 2 aromatic heterocycles. The Morgan fingerprint density at radius 1 is 1.07 bits per heavy atom. The number of hydrogen-bond acceptors (Lipinski definition) is 5. The molecule has 2 heterocycles. The number of hydrogen-bond donors (Lipinski definition) is 1. The lowest BCUT2D eigenvalue weighted by atomic mass is 10.1. The van der Waals surface area contributed by atoms with Crippen LogP contribution in [0, 0.1) is 20.8 Å². The first-order chi connectivity index (χ1) is 13.3. The van der Waals surface area contributed by atoms with E-state index in [2.05, 4.69) is 9.82 Å². The van der Waals surface area contributed by atoms with Gasteiger partial charge in [-0.25, -0.2) is 22.6 Å². The zero-order valence-corrected chi connectivity index (χ0v) is 17.4. The van der Waals surface area contributed by atoms with Crippen molar-refractivity contribution < 1.29 is 8.42 Å². The number of sulfonamides is 1. The average molecular weight is 413 g/mol. The largest absolute Gasteiger partial charge is 0.241 e. The van der Waals surface area contributed by atoms with Crippen molar-refractivity contribution in [3.8, 4) is 11.3 Å². The fraction of sp³-hybridized carbons (Fsp3) is 0.200. The molecule has 4 aromatic rings. The van der Waals surface area contributed by atoms with Crippen molar-refractivity contribution in [2.75, 3.05) is 0 Å². The Kier molecular flexibility index (Phi) is 4.78. The number of nitrogens with one attached hydrogen (secondary N) is 1. The van der Waals surface area contributed by atoms with Crippen LogP contribution < -0.4 is 4.72 Å². The number of imidazole rings is 1. The summed E-state index contributed by atoms with van der Waals surface area (Å²) < 4.78 is 30.3. The third kappa shape index (κ3) is 3.46. The summed E-state index contributed by atoms with van der Waals surface area (Å²) in [6.45, 7) is 5.69. The van der Waals surface area contributed by atoms with E-state index in [-0.39, 0.29) is 6.54 Å². The summed E-state index contributed by atoms with van der Waals surface area (Å²) >= 11 is 1.48. The van der Waals surface area contributed by atoms with Gasteiger partial charge in [-0.3, -0.25) is 0 Å². The van der Waals surface area contributed by atoms with Gasteiger partial charge in [0.25, 0.3) is 0 Å². The van der Waals surface area contributed by atoms with E-state index in [1.165, 1.54) is 11.3 Å². The maximum Gasteiger partial charge on any atom is 0.241 e. The van der Waals surface area contributed by atoms with Gasteiger partial charge >= 0.3 is 0 Å². The first-order valence-electron chi connectivity index (χ1n) is 8.82. The molecule has 6 nitrogen and oxygen atoms in total. The van der Waals surface area contributed by atoms with E-state index in [4.69, 9.17) is 4.98 Å². The van der Waals surface area contributed by atoms with Crippen LogP contribution in [0.25, 0.3) is 16.2 Å². The van der Waals surface area contributed by atoms with Crippen LogP contribution in [-0.4, -0.2) is 23.0 Å². The average Bonchev–Trinajstić information content (AvgIpc) is 3.19. The zero-order chi connectivity index (χ0) is 19.9. The van der Waals surface area contributed by atoms with E-state index in [1.807, 2.05) is 56.3 Å². The minimum atomic E-state index is -3.67. The lowest BCUT2D eigenvalue weighted by molar-refractivity contribution is 0.579. The van der Waals surface area contributed by atoms with Gasteiger partial charge in [-0.15, -0.1) is 0 Å². The predicted octanol–water partition coefficient (Wildman–Crippen LogP) is 3.86. The molecule has 0 bridgehead atoms. The topological polar surface area (TPSA) is 76.4 Å². The van der Waals surface area contributed by atoms with Gasteiger partial charge in [0.2, 0.25) is 15.0 Å². The highest BCUT2D eigenvalue weighted by Gasteiger charge is 2.21. The molecular weight excluding hydrogens is 392 g/mol. The molecule has 0 radical (unpaired) electrons. The van der Waals surface area contributed by atoms with Crippen molar-refractivity contribution >= 4 is 26.3 Å². The monoisotopic (exact) mass is 412 g/mol. The fourth-order valence-electron chi connectivity index (χ4n) is 3.11. The number of benzene rings is 2.